The van der Waals surface area contributed by atoms with E-state index in [0.717, 1.165) is 41.2 Å². The maximum Gasteiger partial charge on any atom is 0.152 e. The number of fused-ring (bicyclic) bond motifs is 3. The second kappa shape index (κ2) is 14.6. The van der Waals surface area contributed by atoms with Gasteiger partial charge < -0.3 is 21.3 Å². The number of nitrogens with one attached hydrogen (secondary N) is 2. The molecule has 3 aromatic rings. The molecule has 4 N–H and O–H groups in total. The molecule has 0 bridgehead atoms. The molecule has 0 fully saturated rings. The number of aliphatic imine (C=N–C) groups is 1. The van der Waals surface area contributed by atoms with Crippen LogP contribution in [-0.4, -0.2) is 19.4 Å². The molecule has 1 unspecified atom stereocenters. The minimum atomic E-state index is 0.0340. The number of para-hydroxylation sites is 2. The lowest BCUT2D eigenvalue weighted by atomic mass is 9.97. The van der Waals surface area contributed by atoms with E-state index in [1.807, 2.05) is 76.6 Å². The molecule has 2 aliphatic heterocycles. The lowest BCUT2D eigenvalue weighted by molar-refractivity contribution is 0.889. The first-order valence-electron chi connectivity index (χ1n) is 14.4. The molecular weight excluding hydrogens is 502 g/mol. The maximum atomic E-state index is 5.97. The van der Waals surface area contributed by atoms with Crippen molar-refractivity contribution in [3.8, 4) is 0 Å². The van der Waals surface area contributed by atoms with Crippen LogP contribution in [0.5, 0.6) is 0 Å². The summed E-state index contributed by atoms with van der Waals surface area (Å²) < 4.78 is 0. The molecule has 0 radical (unpaired) electrons. The highest BCUT2D eigenvalue weighted by atomic mass is 15.3. The van der Waals surface area contributed by atoms with E-state index in [1.165, 1.54) is 22.4 Å². The van der Waals surface area contributed by atoms with Gasteiger partial charge in [0.2, 0.25) is 0 Å². The normalized spacial score (nSPS) is 16.8. The van der Waals surface area contributed by atoms with Crippen LogP contribution < -0.4 is 21.3 Å². The molecule has 1 atom stereocenters. The quantitative estimate of drug-likeness (QED) is 0.272. The number of rotatable bonds is 6. The van der Waals surface area contributed by atoms with E-state index in [9.17, 15) is 0 Å². The summed E-state index contributed by atoms with van der Waals surface area (Å²) in [6.07, 6.45) is 16.7. The molecule has 6 rings (SSSR count). The second-order valence-corrected chi connectivity index (χ2v) is 9.63. The van der Waals surface area contributed by atoms with E-state index < -0.39 is 0 Å². The van der Waals surface area contributed by atoms with Crippen LogP contribution in [0, 0.1) is 0 Å². The van der Waals surface area contributed by atoms with Gasteiger partial charge in [0.1, 0.15) is 0 Å². The Kier molecular flexibility index (Phi) is 10.4. The van der Waals surface area contributed by atoms with E-state index in [4.69, 9.17) is 5.73 Å². The molecule has 1 aliphatic carbocycles. The summed E-state index contributed by atoms with van der Waals surface area (Å²) in [5.41, 5.74) is 16.2. The molecule has 2 heterocycles. The maximum absolute atomic E-state index is 5.97. The first-order chi connectivity index (χ1) is 20.1. The van der Waals surface area contributed by atoms with Crippen LogP contribution in [0.2, 0.25) is 0 Å². The zero-order valence-corrected chi connectivity index (χ0v) is 24.5. The third-order valence-corrected chi connectivity index (χ3v) is 6.85. The third-order valence-electron chi connectivity index (χ3n) is 6.85. The van der Waals surface area contributed by atoms with Crippen molar-refractivity contribution < 1.29 is 0 Å². The van der Waals surface area contributed by atoms with Crippen molar-refractivity contribution in [2.24, 2.45) is 10.7 Å². The highest BCUT2D eigenvalue weighted by Crippen LogP contribution is 2.46. The van der Waals surface area contributed by atoms with E-state index in [1.54, 1.807) is 0 Å². The van der Waals surface area contributed by atoms with Crippen molar-refractivity contribution >= 4 is 34.5 Å². The van der Waals surface area contributed by atoms with Crippen molar-refractivity contribution in [3.63, 3.8) is 0 Å². The summed E-state index contributed by atoms with van der Waals surface area (Å²) in [6.45, 7) is 5.92. The summed E-state index contributed by atoms with van der Waals surface area (Å²) in [5.74, 6) is 0. The van der Waals surface area contributed by atoms with Crippen LogP contribution in [0.15, 0.2) is 137 Å². The van der Waals surface area contributed by atoms with Gasteiger partial charge in [-0.05, 0) is 85.5 Å². The molecule has 5 nitrogen and oxygen atoms in total. The minimum absolute atomic E-state index is 0.0340. The number of hydrogen-bond acceptors (Lipinski definition) is 5. The number of allylic oxidation sites excluding steroid dienone is 8. The second-order valence-electron chi connectivity index (χ2n) is 9.63. The van der Waals surface area contributed by atoms with E-state index in [0.29, 0.717) is 0 Å². The Morgan fingerprint density at radius 1 is 0.927 bits per heavy atom. The summed E-state index contributed by atoms with van der Waals surface area (Å²) >= 11 is 0. The van der Waals surface area contributed by atoms with Crippen molar-refractivity contribution in [2.75, 3.05) is 22.6 Å². The third kappa shape index (κ3) is 7.25. The van der Waals surface area contributed by atoms with Crippen molar-refractivity contribution in [1.29, 1.82) is 0 Å². The van der Waals surface area contributed by atoms with Crippen molar-refractivity contribution in [3.05, 3.63) is 138 Å². The molecule has 0 saturated heterocycles. The molecule has 5 heteroatoms. The zero-order valence-electron chi connectivity index (χ0n) is 24.5. The van der Waals surface area contributed by atoms with Gasteiger partial charge in [-0.3, -0.25) is 4.99 Å². The molecule has 0 aromatic heterocycles. The van der Waals surface area contributed by atoms with Crippen LogP contribution in [0.1, 0.15) is 39.2 Å². The van der Waals surface area contributed by atoms with Crippen LogP contribution in [0.4, 0.5) is 22.7 Å². The zero-order chi connectivity index (χ0) is 29.0. The molecule has 3 aliphatic rings. The SMILES string of the molecule is C/C(N)=C\C(=C/Nc1ccc(N2c3ccccc3C3=CC=NC32)cc1)C1=CC=CCC1.CC.CNc1ccccc1. The Labute approximate surface area is 245 Å². The fourth-order valence-corrected chi connectivity index (χ4v) is 4.95. The predicted molar refractivity (Wildman–Crippen MR) is 179 cm³/mol. The largest absolute Gasteiger partial charge is 0.402 e. The fraction of sp³-hybridized carbons (Fsp3) is 0.194. The number of nitrogens with two attached hydrogens (primary N) is 1. The van der Waals surface area contributed by atoms with Gasteiger partial charge >= 0.3 is 0 Å². The van der Waals surface area contributed by atoms with Crippen molar-refractivity contribution in [2.45, 2.75) is 39.8 Å². The molecule has 3 aromatic carbocycles. The van der Waals surface area contributed by atoms with Crippen LogP contribution in [0.25, 0.3) is 5.57 Å². The van der Waals surface area contributed by atoms with E-state index >= 15 is 0 Å². The Morgan fingerprint density at radius 2 is 1.66 bits per heavy atom. The smallest absolute Gasteiger partial charge is 0.152 e. The lowest BCUT2D eigenvalue weighted by Crippen LogP contribution is -2.23. The standard InChI is InChI=1S/C27H26N4.C7H9N.C2H6/c1-19(28)17-21(20-7-3-2-4-8-20)18-30-22-11-13-23(14-12-22)31-26-10-6-5-9-24(26)25-15-16-29-27(25)31;1-8-7-5-3-2-4-6-7;1-2/h2-3,5-7,9-18,27,30H,4,8,28H2,1H3;2-6,8H,1H3;1-2H3/b19-17+,21-18+;;. The van der Waals surface area contributed by atoms with Gasteiger partial charge in [0.05, 0.1) is 5.69 Å². The highest BCUT2D eigenvalue weighted by Gasteiger charge is 2.35. The Morgan fingerprint density at radius 3 is 2.32 bits per heavy atom. The molecular formula is C36H41N5. The molecule has 41 heavy (non-hydrogen) atoms. The summed E-state index contributed by atoms with van der Waals surface area (Å²) in [6, 6.07) is 27.1. The van der Waals surface area contributed by atoms with Crippen LogP contribution in [-0.2, 0) is 0 Å². The number of anilines is 4. The van der Waals surface area contributed by atoms with Crippen LogP contribution in [0.3, 0.4) is 0 Å². The number of nitrogens with zero attached hydrogens (tertiary/aromatic N) is 2. The van der Waals surface area contributed by atoms with Gasteiger partial charge in [0, 0.05) is 53.4 Å². The van der Waals surface area contributed by atoms with Gasteiger partial charge in [-0.2, -0.15) is 0 Å². The van der Waals surface area contributed by atoms with Gasteiger partial charge in [0.15, 0.2) is 6.17 Å². The highest BCUT2D eigenvalue weighted by molar-refractivity contribution is 6.01. The van der Waals surface area contributed by atoms with Gasteiger partial charge in [0.25, 0.3) is 0 Å². The first-order valence-corrected chi connectivity index (χ1v) is 14.4. The average molecular weight is 544 g/mol. The van der Waals surface area contributed by atoms with Gasteiger partial charge in [-0.25, -0.2) is 0 Å². The number of hydrogen-bond donors (Lipinski definition) is 3. The number of benzene rings is 3. The topological polar surface area (TPSA) is 65.7 Å². The summed E-state index contributed by atoms with van der Waals surface area (Å²) in [7, 11) is 1.91. The monoisotopic (exact) mass is 543 g/mol. The fourth-order valence-electron chi connectivity index (χ4n) is 4.95. The lowest BCUT2D eigenvalue weighted by Gasteiger charge is -2.24. The average Bonchev–Trinajstić information content (AvgIpc) is 3.63. The molecule has 0 spiro atoms. The summed E-state index contributed by atoms with van der Waals surface area (Å²) in [5, 5.41) is 6.47. The first kappa shape index (κ1) is 29.2. The van der Waals surface area contributed by atoms with Gasteiger partial charge in [-0.1, -0.05) is 68.5 Å². The summed E-state index contributed by atoms with van der Waals surface area (Å²) in [4.78, 5) is 6.99. The predicted octanol–water partition coefficient (Wildman–Crippen LogP) is 8.82. The minimum Gasteiger partial charge on any atom is -0.402 e. The molecule has 0 saturated carbocycles. The van der Waals surface area contributed by atoms with Crippen LogP contribution >= 0.6 is 0 Å². The Hall–Kier alpha value is -4.77. The van der Waals surface area contributed by atoms with E-state index in [-0.39, 0.29) is 6.17 Å². The van der Waals surface area contributed by atoms with Gasteiger partial charge in [-0.15, -0.1) is 0 Å². The Balaban J connectivity index is 0.000000332. The van der Waals surface area contributed by atoms with Crippen molar-refractivity contribution in [1.82, 2.24) is 0 Å². The molecule has 210 valence electrons. The Bertz CT molecular complexity index is 1470. The molecule has 0 amide bonds. The van der Waals surface area contributed by atoms with E-state index in [2.05, 4.69) is 93.4 Å².